The van der Waals surface area contributed by atoms with E-state index in [9.17, 15) is 14.7 Å². The van der Waals surface area contributed by atoms with E-state index < -0.39 is 12.1 Å². The van der Waals surface area contributed by atoms with E-state index in [0.29, 0.717) is 18.0 Å². The number of ether oxygens (including phenoxy) is 1. The highest BCUT2D eigenvalue weighted by atomic mass is 35.5. The molecule has 1 saturated heterocycles. The lowest BCUT2D eigenvalue weighted by Gasteiger charge is -2.36. The zero-order valence-corrected chi connectivity index (χ0v) is 12.9. The van der Waals surface area contributed by atoms with Gasteiger partial charge in [0.05, 0.1) is 17.2 Å². The molecule has 0 aromatic carbocycles. The molecule has 2 amide bonds. The fourth-order valence-electron chi connectivity index (χ4n) is 2.29. The normalized spacial score (nSPS) is 21.5. The van der Waals surface area contributed by atoms with Gasteiger partial charge in [0, 0.05) is 26.4 Å². The molecule has 1 aromatic rings. The average Bonchev–Trinajstić information content (AvgIpc) is 2.50. The number of rotatable bonds is 4. The summed E-state index contributed by atoms with van der Waals surface area (Å²) in [4.78, 5) is 29.2. The monoisotopic (exact) mass is 327 g/mol. The topological polar surface area (TPSA) is 91.8 Å². The molecule has 7 nitrogen and oxygen atoms in total. The highest BCUT2D eigenvalue weighted by molar-refractivity contribution is 6.30. The van der Waals surface area contributed by atoms with Gasteiger partial charge in [-0.05, 0) is 18.6 Å². The van der Waals surface area contributed by atoms with E-state index in [1.807, 2.05) is 0 Å². The summed E-state index contributed by atoms with van der Waals surface area (Å²) in [7, 11) is 1.44. The second-order valence-electron chi connectivity index (χ2n) is 5.07. The first-order valence-corrected chi connectivity index (χ1v) is 7.26. The van der Waals surface area contributed by atoms with Crippen LogP contribution in [0.4, 0.5) is 0 Å². The molecule has 2 heterocycles. The van der Waals surface area contributed by atoms with Crippen LogP contribution in [0.25, 0.3) is 0 Å². The number of nitrogens with zero attached hydrogens (tertiary/aromatic N) is 2. The molecule has 0 radical (unpaired) electrons. The zero-order chi connectivity index (χ0) is 16.1. The van der Waals surface area contributed by atoms with E-state index in [-0.39, 0.29) is 30.7 Å². The quantitative estimate of drug-likeness (QED) is 0.816. The second kappa shape index (κ2) is 7.53. The van der Waals surface area contributed by atoms with E-state index >= 15 is 0 Å². The number of aromatic nitrogens is 1. The number of aliphatic hydroxyl groups is 1. The van der Waals surface area contributed by atoms with Crippen LogP contribution in [-0.4, -0.2) is 65.8 Å². The third kappa shape index (κ3) is 4.16. The van der Waals surface area contributed by atoms with Gasteiger partial charge in [-0.15, -0.1) is 0 Å². The van der Waals surface area contributed by atoms with Gasteiger partial charge in [-0.2, -0.15) is 0 Å². The number of aliphatic hydroxyl groups excluding tert-OH is 1. The third-order valence-corrected chi connectivity index (χ3v) is 3.70. The van der Waals surface area contributed by atoms with E-state index in [2.05, 4.69) is 10.3 Å². The minimum atomic E-state index is -0.828. The van der Waals surface area contributed by atoms with E-state index in [4.69, 9.17) is 16.3 Å². The van der Waals surface area contributed by atoms with Crippen molar-refractivity contribution in [2.75, 3.05) is 26.8 Å². The van der Waals surface area contributed by atoms with Gasteiger partial charge < -0.3 is 20.1 Å². The van der Waals surface area contributed by atoms with E-state index in [1.54, 1.807) is 6.07 Å². The maximum atomic E-state index is 12.1. The number of likely N-dealkylation sites (tertiary alicyclic amines) is 1. The number of β-amino-alcohol motifs (C(OH)–C–C–N with tert-alkyl or cyclic N) is 1. The predicted octanol–water partition coefficient (Wildman–Crippen LogP) is 0.0730. The molecule has 120 valence electrons. The molecule has 2 rings (SSSR count). The van der Waals surface area contributed by atoms with Crippen molar-refractivity contribution in [1.82, 2.24) is 15.2 Å². The highest BCUT2D eigenvalue weighted by Crippen LogP contribution is 2.13. The molecule has 1 aromatic heterocycles. The summed E-state index contributed by atoms with van der Waals surface area (Å²) in [5, 5.41) is 13.3. The number of hydrogen-bond donors (Lipinski definition) is 2. The average molecular weight is 328 g/mol. The fraction of sp³-hybridized carbons (Fsp3) is 0.500. The number of methoxy groups -OCH3 is 1. The summed E-state index contributed by atoms with van der Waals surface area (Å²) >= 11 is 5.72. The Morgan fingerprint density at radius 1 is 1.55 bits per heavy atom. The Morgan fingerprint density at radius 3 is 2.91 bits per heavy atom. The minimum Gasteiger partial charge on any atom is -0.389 e. The van der Waals surface area contributed by atoms with Gasteiger partial charge in [0.15, 0.2) is 0 Å². The van der Waals surface area contributed by atoms with Crippen LogP contribution in [0.15, 0.2) is 18.3 Å². The van der Waals surface area contributed by atoms with Crippen molar-refractivity contribution in [3.05, 3.63) is 29.0 Å². The van der Waals surface area contributed by atoms with Crippen LogP contribution in [0.2, 0.25) is 5.02 Å². The van der Waals surface area contributed by atoms with Crippen LogP contribution in [0, 0.1) is 0 Å². The Hall–Kier alpha value is -1.70. The Morgan fingerprint density at radius 2 is 2.32 bits per heavy atom. The van der Waals surface area contributed by atoms with Crippen molar-refractivity contribution in [3.63, 3.8) is 0 Å². The van der Waals surface area contributed by atoms with Crippen LogP contribution in [0.1, 0.15) is 16.9 Å². The maximum absolute atomic E-state index is 12.1. The lowest BCUT2D eigenvalue weighted by molar-refractivity contribution is -0.138. The van der Waals surface area contributed by atoms with E-state index in [1.165, 1.54) is 24.3 Å². The molecule has 0 unspecified atom stereocenters. The van der Waals surface area contributed by atoms with Gasteiger partial charge in [-0.1, -0.05) is 11.6 Å². The van der Waals surface area contributed by atoms with Crippen molar-refractivity contribution >= 4 is 23.4 Å². The molecule has 22 heavy (non-hydrogen) atoms. The van der Waals surface area contributed by atoms with Gasteiger partial charge in [-0.25, -0.2) is 4.98 Å². The Bertz CT molecular complexity index is 537. The lowest BCUT2D eigenvalue weighted by Crippen LogP contribution is -2.55. The maximum Gasteiger partial charge on any atom is 0.270 e. The SMILES string of the molecule is COCC(=O)N1CC[C@@H](NC(=O)c2ccc(Cl)cn2)[C@H](O)C1. The molecular formula is C14H18ClN3O4. The van der Waals surface area contributed by atoms with Crippen LogP contribution < -0.4 is 5.32 Å². The summed E-state index contributed by atoms with van der Waals surface area (Å²) in [6, 6.07) is 2.67. The summed E-state index contributed by atoms with van der Waals surface area (Å²) in [5.41, 5.74) is 0.231. The molecule has 1 aliphatic rings. The van der Waals surface area contributed by atoms with Crippen molar-refractivity contribution in [2.45, 2.75) is 18.6 Å². The molecule has 0 bridgehead atoms. The van der Waals surface area contributed by atoms with Gasteiger partial charge in [0.2, 0.25) is 5.91 Å². The summed E-state index contributed by atoms with van der Waals surface area (Å²) in [6.07, 6.45) is 1.03. The number of carbonyl (C=O) groups excluding carboxylic acids is 2. The molecule has 0 aliphatic carbocycles. The number of nitrogens with one attached hydrogen (secondary N) is 1. The second-order valence-corrected chi connectivity index (χ2v) is 5.51. The molecule has 1 aliphatic heterocycles. The Labute approximate surface area is 133 Å². The van der Waals surface area contributed by atoms with Crippen LogP contribution in [0.5, 0.6) is 0 Å². The van der Waals surface area contributed by atoms with Gasteiger partial charge in [0.1, 0.15) is 12.3 Å². The predicted molar refractivity (Wildman–Crippen MR) is 79.6 cm³/mol. The highest BCUT2D eigenvalue weighted by Gasteiger charge is 2.31. The Balaban J connectivity index is 1.90. The van der Waals surface area contributed by atoms with E-state index in [0.717, 1.165) is 0 Å². The summed E-state index contributed by atoms with van der Waals surface area (Å²) in [6.45, 7) is 0.609. The molecule has 0 spiro atoms. The fourth-order valence-corrected chi connectivity index (χ4v) is 2.41. The number of halogens is 1. The molecule has 1 fully saturated rings. The van der Waals surface area contributed by atoms with Crippen LogP contribution in [0.3, 0.4) is 0 Å². The Kier molecular flexibility index (Phi) is 5.70. The summed E-state index contributed by atoms with van der Waals surface area (Å²) in [5.74, 6) is -0.553. The van der Waals surface area contributed by atoms with Crippen LogP contribution >= 0.6 is 11.6 Å². The van der Waals surface area contributed by atoms with Crippen molar-refractivity contribution in [1.29, 1.82) is 0 Å². The van der Waals surface area contributed by atoms with Gasteiger partial charge in [-0.3, -0.25) is 9.59 Å². The number of hydrogen-bond acceptors (Lipinski definition) is 5. The number of amides is 2. The van der Waals surface area contributed by atoms with Crippen molar-refractivity contribution < 1.29 is 19.4 Å². The smallest absolute Gasteiger partial charge is 0.270 e. The molecule has 8 heteroatoms. The first kappa shape index (κ1) is 16.7. The molecule has 0 saturated carbocycles. The largest absolute Gasteiger partial charge is 0.389 e. The number of carbonyl (C=O) groups is 2. The van der Waals surface area contributed by atoms with Crippen molar-refractivity contribution in [3.8, 4) is 0 Å². The number of pyridine rings is 1. The lowest BCUT2D eigenvalue weighted by atomic mass is 10.0. The standard InChI is InChI=1S/C14H18ClN3O4/c1-22-8-13(20)18-5-4-10(12(19)7-18)17-14(21)11-3-2-9(15)6-16-11/h2-3,6,10,12,19H,4-5,7-8H2,1H3,(H,17,21)/t10-,12-/m1/s1. The first-order valence-electron chi connectivity index (χ1n) is 6.88. The molecular weight excluding hydrogens is 310 g/mol. The number of piperidine rings is 1. The van der Waals surface area contributed by atoms with Crippen LogP contribution in [-0.2, 0) is 9.53 Å². The minimum absolute atomic E-state index is 0.0154. The summed E-state index contributed by atoms with van der Waals surface area (Å²) < 4.78 is 4.79. The molecule has 2 atom stereocenters. The van der Waals surface area contributed by atoms with Gasteiger partial charge >= 0.3 is 0 Å². The third-order valence-electron chi connectivity index (χ3n) is 3.48. The molecule has 2 N–H and O–H groups in total. The van der Waals surface area contributed by atoms with Crippen molar-refractivity contribution in [2.24, 2.45) is 0 Å². The van der Waals surface area contributed by atoms with Gasteiger partial charge in [0.25, 0.3) is 5.91 Å². The zero-order valence-electron chi connectivity index (χ0n) is 12.2. The first-order chi connectivity index (χ1) is 10.5.